The number of carboxylic acid groups (broad SMARTS) is 1. The van der Waals surface area contributed by atoms with Crippen LogP contribution in [0.5, 0.6) is 0 Å². The van der Waals surface area contributed by atoms with Crippen LogP contribution in [-0.4, -0.2) is 26.1 Å². The molecule has 106 valence electrons. The molecule has 0 aromatic heterocycles. The van der Waals surface area contributed by atoms with Crippen molar-refractivity contribution in [1.29, 1.82) is 0 Å². The fourth-order valence-corrected chi connectivity index (χ4v) is 2.97. The van der Waals surface area contributed by atoms with Crippen molar-refractivity contribution >= 4 is 31.9 Å². The van der Waals surface area contributed by atoms with E-state index in [9.17, 15) is 13.2 Å². The van der Waals surface area contributed by atoms with Crippen LogP contribution in [0.25, 0.3) is 0 Å². The van der Waals surface area contributed by atoms with Gasteiger partial charge in [0.25, 0.3) is 10.0 Å². The summed E-state index contributed by atoms with van der Waals surface area (Å²) in [5.41, 5.74) is -0.118. The predicted molar refractivity (Wildman–Crippen MR) is 72.2 cm³/mol. The Morgan fingerprint density at radius 3 is 2.63 bits per heavy atom. The van der Waals surface area contributed by atoms with Crippen molar-refractivity contribution in [3.63, 3.8) is 0 Å². The molecule has 1 aromatic rings. The monoisotopic (exact) mass is 351 g/mol. The second-order valence-electron chi connectivity index (χ2n) is 4.24. The lowest BCUT2D eigenvalue weighted by Crippen LogP contribution is -2.26. The molecule has 19 heavy (non-hydrogen) atoms. The van der Waals surface area contributed by atoms with Gasteiger partial charge in [-0.2, -0.15) is 0 Å². The van der Waals surface area contributed by atoms with Crippen molar-refractivity contribution in [1.82, 2.24) is 4.89 Å². The molecule has 6 nitrogen and oxygen atoms in total. The van der Waals surface area contributed by atoms with Gasteiger partial charge >= 0.3 is 5.97 Å². The zero-order valence-electron chi connectivity index (χ0n) is 10.4. The third kappa shape index (κ3) is 4.57. The lowest BCUT2D eigenvalue weighted by atomic mass is 10.2. The summed E-state index contributed by atoms with van der Waals surface area (Å²) in [5, 5.41) is 8.85. The molecule has 0 aliphatic rings. The summed E-state index contributed by atoms with van der Waals surface area (Å²) in [5.74, 6) is -1.04. The van der Waals surface area contributed by atoms with Crippen LogP contribution in [0.3, 0.4) is 0 Å². The molecule has 0 saturated heterocycles. The Hall–Kier alpha value is -0.960. The average molecular weight is 352 g/mol. The van der Waals surface area contributed by atoms with Gasteiger partial charge < -0.3 is 5.11 Å². The van der Waals surface area contributed by atoms with Gasteiger partial charge in [-0.05, 0) is 40.0 Å². The fourth-order valence-electron chi connectivity index (χ4n) is 1.17. The highest BCUT2D eigenvalue weighted by Crippen LogP contribution is 2.23. The minimum atomic E-state index is -3.93. The third-order valence-electron chi connectivity index (χ3n) is 2.05. The van der Waals surface area contributed by atoms with Crippen molar-refractivity contribution < 1.29 is 23.2 Å². The Morgan fingerprint density at radius 1 is 1.47 bits per heavy atom. The van der Waals surface area contributed by atoms with E-state index in [-0.39, 0.29) is 27.5 Å². The number of benzene rings is 1. The predicted octanol–water partition coefficient (Wildman–Crippen LogP) is 2.01. The number of aromatic carboxylic acids is 1. The van der Waals surface area contributed by atoms with Crippen molar-refractivity contribution in [3.05, 3.63) is 28.2 Å². The van der Waals surface area contributed by atoms with Gasteiger partial charge in [0.15, 0.2) is 0 Å². The van der Waals surface area contributed by atoms with Crippen molar-refractivity contribution in [2.75, 3.05) is 6.61 Å². The van der Waals surface area contributed by atoms with Crippen molar-refractivity contribution in [2.45, 2.75) is 18.7 Å². The minimum absolute atomic E-state index is 0.118. The summed E-state index contributed by atoms with van der Waals surface area (Å²) in [4.78, 5) is 17.5. The van der Waals surface area contributed by atoms with Crippen LogP contribution in [-0.2, 0) is 14.9 Å². The number of sulfonamides is 1. The first-order valence-electron chi connectivity index (χ1n) is 5.40. The largest absolute Gasteiger partial charge is 0.478 e. The highest BCUT2D eigenvalue weighted by Gasteiger charge is 2.20. The summed E-state index contributed by atoms with van der Waals surface area (Å²) in [7, 11) is -3.93. The molecule has 0 fully saturated rings. The standard InChI is InChI=1S/C11H14BrNO5S/c1-7(2)6-18-13-19(16,17)10-5-8(11(14)15)3-4-9(10)12/h3-5,7,13H,6H2,1-2H3,(H,14,15). The molecule has 1 rings (SSSR count). The molecule has 0 radical (unpaired) electrons. The van der Waals surface area contributed by atoms with Crippen LogP contribution in [0.1, 0.15) is 24.2 Å². The average Bonchev–Trinajstić information content (AvgIpc) is 2.28. The van der Waals surface area contributed by atoms with E-state index in [2.05, 4.69) is 15.9 Å². The summed E-state index contributed by atoms with van der Waals surface area (Å²) >= 11 is 3.07. The Balaban J connectivity index is 3.00. The van der Waals surface area contributed by atoms with E-state index in [1.165, 1.54) is 12.1 Å². The maximum absolute atomic E-state index is 12.0. The van der Waals surface area contributed by atoms with Gasteiger partial charge in [-0.3, -0.25) is 4.84 Å². The Kier molecular flexibility index (Phi) is 5.48. The molecule has 8 heteroatoms. The van der Waals surface area contributed by atoms with Gasteiger partial charge in [-0.25, -0.2) is 13.2 Å². The quantitative estimate of drug-likeness (QED) is 0.764. The van der Waals surface area contributed by atoms with Gasteiger partial charge in [-0.15, -0.1) is 0 Å². The number of hydrogen-bond acceptors (Lipinski definition) is 4. The Morgan fingerprint density at radius 2 is 2.11 bits per heavy atom. The molecular weight excluding hydrogens is 338 g/mol. The fraction of sp³-hybridized carbons (Fsp3) is 0.364. The van der Waals surface area contributed by atoms with Crippen LogP contribution in [0, 0.1) is 5.92 Å². The molecule has 0 bridgehead atoms. The molecule has 2 N–H and O–H groups in total. The number of hydrogen-bond donors (Lipinski definition) is 2. The summed E-state index contributed by atoms with van der Waals surface area (Å²) in [6.07, 6.45) is 0. The van der Waals surface area contributed by atoms with Gasteiger partial charge in [0.1, 0.15) is 0 Å². The van der Waals surface area contributed by atoms with Crippen LogP contribution < -0.4 is 4.89 Å². The molecule has 0 saturated carbocycles. The topological polar surface area (TPSA) is 92.7 Å². The number of halogens is 1. The highest BCUT2D eigenvalue weighted by molar-refractivity contribution is 9.10. The van der Waals surface area contributed by atoms with Crippen molar-refractivity contribution in [3.8, 4) is 0 Å². The third-order valence-corrected chi connectivity index (χ3v) is 4.26. The SMILES string of the molecule is CC(C)CONS(=O)(=O)c1cc(C(=O)O)ccc1Br. The van der Waals surface area contributed by atoms with Crippen molar-refractivity contribution in [2.24, 2.45) is 5.92 Å². The summed E-state index contributed by atoms with van der Waals surface area (Å²) in [6.45, 7) is 3.96. The maximum Gasteiger partial charge on any atom is 0.335 e. The van der Waals surface area contributed by atoms with E-state index >= 15 is 0 Å². The van der Waals surface area contributed by atoms with E-state index < -0.39 is 16.0 Å². The second kappa shape index (κ2) is 6.47. The van der Waals surface area contributed by atoms with Crippen LogP contribution >= 0.6 is 15.9 Å². The lowest BCUT2D eigenvalue weighted by molar-refractivity contribution is 0.0695. The number of rotatable bonds is 6. The normalized spacial score (nSPS) is 11.8. The summed E-state index contributed by atoms with van der Waals surface area (Å²) in [6, 6.07) is 3.73. The van der Waals surface area contributed by atoms with Crippen LogP contribution in [0.2, 0.25) is 0 Å². The summed E-state index contributed by atoms with van der Waals surface area (Å²) < 4.78 is 24.2. The first-order chi connectivity index (χ1) is 8.74. The van der Waals surface area contributed by atoms with E-state index in [0.29, 0.717) is 0 Å². The molecule has 0 heterocycles. The van der Waals surface area contributed by atoms with Gasteiger partial charge in [0.05, 0.1) is 17.1 Å². The second-order valence-corrected chi connectivity index (χ2v) is 6.71. The number of nitrogens with one attached hydrogen (secondary N) is 1. The lowest BCUT2D eigenvalue weighted by Gasteiger charge is -2.10. The molecule has 0 spiro atoms. The molecule has 0 aliphatic carbocycles. The molecule has 0 aliphatic heterocycles. The zero-order valence-corrected chi connectivity index (χ0v) is 12.8. The number of carboxylic acids is 1. The molecule has 0 atom stereocenters. The van der Waals surface area contributed by atoms with Gasteiger partial charge in [0, 0.05) is 4.47 Å². The van der Waals surface area contributed by atoms with E-state index in [1.807, 2.05) is 18.7 Å². The minimum Gasteiger partial charge on any atom is -0.478 e. The Labute approximate surface area is 119 Å². The van der Waals surface area contributed by atoms with E-state index in [4.69, 9.17) is 9.94 Å². The van der Waals surface area contributed by atoms with Crippen LogP contribution in [0.15, 0.2) is 27.6 Å². The zero-order chi connectivity index (χ0) is 14.6. The van der Waals surface area contributed by atoms with E-state index in [0.717, 1.165) is 6.07 Å². The Bertz CT molecular complexity index is 570. The smallest absolute Gasteiger partial charge is 0.335 e. The van der Waals surface area contributed by atoms with Gasteiger partial charge in [-0.1, -0.05) is 18.7 Å². The first-order valence-corrected chi connectivity index (χ1v) is 7.68. The maximum atomic E-state index is 12.0. The van der Waals surface area contributed by atoms with E-state index in [1.54, 1.807) is 0 Å². The highest BCUT2D eigenvalue weighted by atomic mass is 79.9. The number of carbonyl (C=O) groups is 1. The molecule has 0 unspecified atom stereocenters. The molecular formula is C11H14BrNO5S. The first kappa shape index (κ1) is 16.1. The molecule has 0 amide bonds. The van der Waals surface area contributed by atoms with Crippen LogP contribution in [0.4, 0.5) is 0 Å². The molecule has 1 aromatic carbocycles. The van der Waals surface area contributed by atoms with Gasteiger partial charge in [0.2, 0.25) is 0 Å².